The van der Waals surface area contributed by atoms with Crippen LogP contribution in [0.3, 0.4) is 0 Å². The average molecular weight is 462 g/mol. The number of thioether (sulfide) groups is 1. The number of hydrogen-bond donors (Lipinski definition) is 2. The Morgan fingerprint density at radius 1 is 1.00 bits per heavy atom. The van der Waals surface area contributed by atoms with E-state index >= 15 is 0 Å². The summed E-state index contributed by atoms with van der Waals surface area (Å²) in [5.74, 6) is 0.0489. The van der Waals surface area contributed by atoms with Gasteiger partial charge in [0, 0.05) is 31.6 Å². The minimum absolute atomic E-state index is 0.368. The summed E-state index contributed by atoms with van der Waals surface area (Å²) < 4.78 is 0.881. The molecule has 0 saturated heterocycles. The highest BCUT2D eigenvalue weighted by Gasteiger charge is 2.09. The molecule has 3 aromatic rings. The van der Waals surface area contributed by atoms with Crippen LogP contribution in [0.1, 0.15) is 31.4 Å². The van der Waals surface area contributed by atoms with E-state index in [0.29, 0.717) is 11.1 Å². The van der Waals surface area contributed by atoms with Gasteiger partial charge in [-0.1, -0.05) is 15.9 Å². The van der Waals surface area contributed by atoms with Gasteiger partial charge in [-0.25, -0.2) is 4.98 Å². The Balaban J connectivity index is 1.51. The van der Waals surface area contributed by atoms with E-state index in [0.717, 1.165) is 25.8 Å². The predicted molar refractivity (Wildman–Crippen MR) is 112 cm³/mol. The monoisotopic (exact) mass is 461 g/mol. The maximum atomic E-state index is 12.2. The van der Waals surface area contributed by atoms with E-state index < -0.39 is 0 Å². The second kappa shape index (κ2) is 9.16. The van der Waals surface area contributed by atoms with Gasteiger partial charge in [-0.05, 0) is 55.5 Å². The van der Waals surface area contributed by atoms with E-state index in [4.69, 9.17) is 0 Å². The molecule has 1 aromatic heterocycles. The molecule has 0 fully saturated rings. The van der Waals surface area contributed by atoms with Gasteiger partial charge < -0.3 is 0 Å². The molecule has 0 radical (unpaired) electrons. The smallest absolute Gasteiger partial charge is 0.267 e. The Morgan fingerprint density at radius 2 is 1.56 bits per heavy atom. The third-order valence-corrected chi connectivity index (χ3v) is 5.96. The van der Waals surface area contributed by atoms with Gasteiger partial charge in [-0.3, -0.25) is 20.4 Å². The molecule has 0 aliphatic carbocycles. The molecule has 0 atom stereocenters. The highest BCUT2D eigenvalue weighted by atomic mass is 79.9. The number of nitrogens with zero attached hydrogens (tertiary/aromatic N) is 1. The molecule has 0 unspecified atom stereocenters. The van der Waals surface area contributed by atoms with Crippen molar-refractivity contribution in [3.63, 3.8) is 0 Å². The number of thiazole rings is 1. The van der Waals surface area contributed by atoms with Crippen molar-refractivity contribution in [1.29, 1.82) is 0 Å². The molecule has 0 aliphatic heterocycles. The van der Waals surface area contributed by atoms with Crippen molar-refractivity contribution in [2.24, 2.45) is 0 Å². The number of hydrazine groups is 1. The van der Waals surface area contributed by atoms with Gasteiger partial charge in [-0.2, -0.15) is 0 Å². The van der Waals surface area contributed by atoms with Crippen molar-refractivity contribution in [3.8, 4) is 0 Å². The first-order chi connectivity index (χ1) is 13.0. The Morgan fingerprint density at radius 3 is 2.07 bits per heavy atom. The molecule has 5 nitrogen and oxygen atoms in total. The van der Waals surface area contributed by atoms with Crippen LogP contribution in [0.4, 0.5) is 0 Å². The number of amides is 2. The van der Waals surface area contributed by atoms with Gasteiger partial charge >= 0.3 is 0 Å². The van der Waals surface area contributed by atoms with E-state index in [9.17, 15) is 9.59 Å². The minimum Gasteiger partial charge on any atom is -0.267 e. The summed E-state index contributed by atoms with van der Waals surface area (Å²) in [7, 11) is 0. The molecule has 27 heavy (non-hydrogen) atoms. The largest absolute Gasteiger partial charge is 0.269 e. The van der Waals surface area contributed by atoms with Crippen molar-refractivity contribution in [1.82, 2.24) is 15.8 Å². The van der Waals surface area contributed by atoms with Crippen molar-refractivity contribution < 1.29 is 9.59 Å². The molecular formula is C19H16BrN3O2S2. The van der Waals surface area contributed by atoms with Crippen molar-refractivity contribution in [2.75, 3.05) is 0 Å². The molecule has 0 spiro atoms. The maximum Gasteiger partial charge on any atom is 0.269 e. The van der Waals surface area contributed by atoms with Gasteiger partial charge in [0.1, 0.15) is 0 Å². The average Bonchev–Trinajstić information content (AvgIpc) is 3.10. The molecule has 0 saturated carbocycles. The lowest BCUT2D eigenvalue weighted by Crippen LogP contribution is -2.41. The van der Waals surface area contributed by atoms with E-state index in [2.05, 4.69) is 37.1 Å². The number of rotatable bonds is 5. The van der Waals surface area contributed by atoms with Crippen molar-refractivity contribution >= 4 is 50.8 Å². The SMILES string of the molecule is Cc1nc(CSc2ccc(C(=O)NNC(=O)c3ccc(Br)cc3)cc2)cs1. The lowest BCUT2D eigenvalue weighted by Gasteiger charge is -2.08. The maximum absolute atomic E-state index is 12.2. The van der Waals surface area contributed by atoms with E-state index in [1.54, 1.807) is 59.5 Å². The fourth-order valence-electron chi connectivity index (χ4n) is 2.19. The second-order valence-corrected chi connectivity index (χ2v) is 8.61. The molecule has 0 bridgehead atoms. The van der Waals surface area contributed by atoms with Crippen LogP contribution in [0.25, 0.3) is 0 Å². The van der Waals surface area contributed by atoms with Gasteiger partial charge in [0.05, 0.1) is 10.7 Å². The normalized spacial score (nSPS) is 10.4. The van der Waals surface area contributed by atoms with Crippen LogP contribution in [-0.4, -0.2) is 16.8 Å². The van der Waals surface area contributed by atoms with Crippen LogP contribution in [0.5, 0.6) is 0 Å². The van der Waals surface area contributed by atoms with E-state index in [1.807, 2.05) is 19.1 Å². The minimum atomic E-state index is -0.374. The number of halogens is 1. The molecule has 0 aliphatic rings. The fraction of sp³-hybridized carbons (Fsp3) is 0.105. The third kappa shape index (κ3) is 5.66. The molecule has 1 heterocycles. The summed E-state index contributed by atoms with van der Waals surface area (Å²) in [5.41, 5.74) is 6.83. The zero-order valence-electron chi connectivity index (χ0n) is 14.4. The van der Waals surface area contributed by atoms with Crippen LogP contribution >= 0.6 is 39.0 Å². The van der Waals surface area contributed by atoms with Gasteiger partial charge in [0.25, 0.3) is 11.8 Å². The Bertz CT molecular complexity index is 940. The number of hydrogen-bond acceptors (Lipinski definition) is 5. The molecule has 2 aromatic carbocycles. The van der Waals surface area contributed by atoms with Crippen LogP contribution < -0.4 is 10.9 Å². The zero-order valence-corrected chi connectivity index (χ0v) is 17.6. The fourth-order valence-corrected chi connectivity index (χ4v) is 3.97. The summed E-state index contributed by atoms with van der Waals surface area (Å²) in [5, 5.41) is 3.11. The summed E-state index contributed by atoms with van der Waals surface area (Å²) in [4.78, 5) is 29.7. The first-order valence-corrected chi connectivity index (χ1v) is 10.7. The molecule has 2 N–H and O–H groups in total. The lowest BCUT2D eigenvalue weighted by molar-refractivity contribution is 0.0846. The number of benzene rings is 2. The second-order valence-electron chi connectivity index (χ2n) is 5.59. The number of aryl methyl sites for hydroxylation is 1. The zero-order chi connectivity index (χ0) is 19.2. The van der Waals surface area contributed by atoms with Crippen molar-refractivity contribution in [2.45, 2.75) is 17.6 Å². The standard InChI is InChI=1S/C19H16BrN3O2S2/c1-12-21-16(10-26-12)11-27-17-8-4-14(5-9-17)19(25)23-22-18(24)13-2-6-15(20)7-3-13/h2-10H,11H2,1H3,(H,22,24)(H,23,25). The Hall–Kier alpha value is -2.16. The van der Waals surface area contributed by atoms with E-state index in [-0.39, 0.29) is 11.8 Å². The van der Waals surface area contributed by atoms with E-state index in [1.165, 1.54) is 0 Å². The van der Waals surface area contributed by atoms with Gasteiger partial charge in [0.2, 0.25) is 0 Å². The van der Waals surface area contributed by atoms with Crippen LogP contribution in [0.15, 0.2) is 63.3 Å². The number of carbonyl (C=O) groups is 2. The Kier molecular flexibility index (Phi) is 6.65. The highest BCUT2D eigenvalue weighted by Crippen LogP contribution is 2.23. The predicted octanol–water partition coefficient (Wildman–Crippen LogP) is 4.58. The molecular weight excluding hydrogens is 446 g/mol. The highest BCUT2D eigenvalue weighted by molar-refractivity contribution is 9.10. The summed E-state index contributed by atoms with van der Waals surface area (Å²) in [6.45, 7) is 1.99. The van der Waals surface area contributed by atoms with Gasteiger partial charge in [-0.15, -0.1) is 23.1 Å². The molecule has 2 amide bonds. The van der Waals surface area contributed by atoms with Crippen LogP contribution in [0, 0.1) is 6.92 Å². The molecule has 3 rings (SSSR count). The molecule has 8 heteroatoms. The van der Waals surface area contributed by atoms with Gasteiger partial charge in [0.15, 0.2) is 0 Å². The lowest BCUT2D eigenvalue weighted by atomic mass is 10.2. The number of carbonyl (C=O) groups excluding carboxylic acids is 2. The third-order valence-electron chi connectivity index (χ3n) is 3.57. The Labute approximate surface area is 173 Å². The topological polar surface area (TPSA) is 71.1 Å². The first-order valence-electron chi connectivity index (χ1n) is 8.01. The van der Waals surface area contributed by atoms with Crippen LogP contribution in [0.2, 0.25) is 0 Å². The quantitative estimate of drug-likeness (QED) is 0.430. The van der Waals surface area contributed by atoms with Crippen molar-refractivity contribution in [3.05, 3.63) is 80.2 Å². The first kappa shape index (κ1) is 19.6. The summed E-state index contributed by atoms with van der Waals surface area (Å²) in [6.07, 6.45) is 0. The number of aromatic nitrogens is 1. The van der Waals surface area contributed by atoms with Crippen LogP contribution in [-0.2, 0) is 5.75 Å². The summed E-state index contributed by atoms with van der Waals surface area (Å²) in [6, 6.07) is 14.1. The molecule has 138 valence electrons. The summed E-state index contributed by atoms with van der Waals surface area (Å²) >= 11 is 6.61. The number of nitrogens with one attached hydrogen (secondary N) is 2.